The molecule has 1 aromatic carbocycles. The molecule has 0 aliphatic heterocycles. The molecule has 0 aliphatic rings. The second-order valence-electron chi connectivity index (χ2n) is 6.71. The SMILES string of the molecule is COc1cc(C)c(CCc2cnc3cnc4cc(C)ccc4c3c2)cn1. The molecule has 0 atom stereocenters. The average molecular weight is 343 g/mol. The summed E-state index contributed by atoms with van der Waals surface area (Å²) >= 11 is 0. The van der Waals surface area contributed by atoms with Gasteiger partial charge in [0.25, 0.3) is 0 Å². The van der Waals surface area contributed by atoms with Crippen molar-refractivity contribution in [3.8, 4) is 5.88 Å². The molecule has 3 heterocycles. The average Bonchev–Trinajstić information content (AvgIpc) is 2.66. The Labute approximate surface area is 152 Å². The molecule has 0 unspecified atom stereocenters. The van der Waals surface area contributed by atoms with E-state index >= 15 is 0 Å². The summed E-state index contributed by atoms with van der Waals surface area (Å²) in [5.74, 6) is 0.660. The van der Waals surface area contributed by atoms with E-state index in [0.717, 1.165) is 34.6 Å². The monoisotopic (exact) mass is 343 g/mol. The van der Waals surface area contributed by atoms with Gasteiger partial charge >= 0.3 is 0 Å². The van der Waals surface area contributed by atoms with Crippen LogP contribution >= 0.6 is 0 Å². The lowest BCUT2D eigenvalue weighted by Crippen LogP contribution is -1.98. The first-order valence-electron chi connectivity index (χ1n) is 8.77. The second-order valence-corrected chi connectivity index (χ2v) is 6.71. The van der Waals surface area contributed by atoms with Crippen LogP contribution in [0.2, 0.25) is 0 Å². The van der Waals surface area contributed by atoms with Crippen LogP contribution in [-0.2, 0) is 12.8 Å². The molecule has 0 aliphatic carbocycles. The molecule has 0 amide bonds. The molecule has 26 heavy (non-hydrogen) atoms. The fourth-order valence-corrected chi connectivity index (χ4v) is 3.29. The van der Waals surface area contributed by atoms with Crippen molar-refractivity contribution in [1.29, 1.82) is 0 Å². The highest BCUT2D eigenvalue weighted by Gasteiger charge is 2.07. The Morgan fingerprint density at radius 2 is 1.65 bits per heavy atom. The number of hydrogen-bond donors (Lipinski definition) is 0. The van der Waals surface area contributed by atoms with Gasteiger partial charge in [0.2, 0.25) is 5.88 Å². The molecule has 3 aromatic heterocycles. The summed E-state index contributed by atoms with van der Waals surface area (Å²) in [4.78, 5) is 13.5. The van der Waals surface area contributed by atoms with E-state index in [4.69, 9.17) is 4.74 Å². The molecule has 4 rings (SSSR count). The van der Waals surface area contributed by atoms with Crippen molar-refractivity contribution in [2.75, 3.05) is 7.11 Å². The van der Waals surface area contributed by atoms with Crippen molar-refractivity contribution in [2.24, 2.45) is 0 Å². The lowest BCUT2D eigenvalue weighted by Gasteiger charge is -2.09. The van der Waals surface area contributed by atoms with Gasteiger partial charge in [-0.1, -0.05) is 12.1 Å². The van der Waals surface area contributed by atoms with E-state index in [1.165, 1.54) is 22.3 Å². The molecule has 0 fully saturated rings. The number of fused-ring (bicyclic) bond motifs is 3. The van der Waals surface area contributed by atoms with Gasteiger partial charge in [0.05, 0.1) is 24.3 Å². The Bertz CT molecular complexity index is 1110. The number of nitrogens with zero attached hydrogens (tertiary/aromatic N) is 3. The lowest BCUT2D eigenvalue weighted by atomic mass is 10.0. The molecule has 0 N–H and O–H groups in total. The van der Waals surface area contributed by atoms with Crippen molar-refractivity contribution in [1.82, 2.24) is 15.0 Å². The van der Waals surface area contributed by atoms with E-state index in [0.29, 0.717) is 5.88 Å². The highest BCUT2D eigenvalue weighted by atomic mass is 16.5. The molecule has 0 saturated carbocycles. The van der Waals surface area contributed by atoms with Gasteiger partial charge in [-0.3, -0.25) is 9.97 Å². The number of ether oxygens (including phenoxy) is 1. The summed E-state index contributed by atoms with van der Waals surface area (Å²) in [7, 11) is 1.64. The first kappa shape index (κ1) is 16.5. The van der Waals surface area contributed by atoms with Gasteiger partial charge in [0.1, 0.15) is 0 Å². The number of hydrogen-bond acceptors (Lipinski definition) is 4. The topological polar surface area (TPSA) is 47.9 Å². The summed E-state index contributed by atoms with van der Waals surface area (Å²) in [5, 5.41) is 2.32. The maximum atomic E-state index is 5.18. The van der Waals surface area contributed by atoms with Crippen LogP contribution in [0.5, 0.6) is 5.88 Å². The van der Waals surface area contributed by atoms with Crippen LogP contribution in [0.1, 0.15) is 22.3 Å². The van der Waals surface area contributed by atoms with E-state index in [9.17, 15) is 0 Å². The zero-order chi connectivity index (χ0) is 18.1. The number of rotatable bonds is 4. The van der Waals surface area contributed by atoms with Gasteiger partial charge in [-0.05, 0) is 61.1 Å². The number of methoxy groups -OCH3 is 1. The number of pyridine rings is 3. The van der Waals surface area contributed by atoms with Crippen molar-refractivity contribution in [3.05, 3.63) is 71.2 Å². The first-order valence-corrected chi connectivity index (χ1v) is 8.77. The predicted molar refractivity (Wildman–Crippen MR) is 105 cm³/mol. The molecular formula is C22H21N3O. The molecule has 4 heteroatoms. The quantitative estimate of drug-likeness (QED) is 0.509. The van der Waals surface area contributed by atoms with Crippen LogP contribution in [0, 0.1) is 13.8 Å². The van der Waals surface area contributed by atoms with Crippen molar-refractivity contribution < 1.29 is 4.74 Å². The maximum absolute atomic E-state index is 5.18. The van der Waals surface area contributed by atoms with Gasteiger partial charge in [-0.25, -0.2) is 4.98 Å². The standard InChI is InChI=1S/C22H21N3O/c1-14-4-7-18-19-10-16(11-23-21(19)13-24-20(18)8-14)5-6-17-12-25-22(26-3)9-15(17)2/h4,7-13H,5-6H2,1-3H3. The Morgan fingerprint density at radius 3 is 2.46 bits per heavy atom. The Kier molecular flexibility index (Phi) is 4.25. The van der Waals surface area contributed by atoms with Crippen LogP contribution in [0.25, 0.3) is 21.8 Å². The van der Waals surface area contributed by atoms with Gasteiger partial charge in [-0.15, -0.1) is 0 Å². The molecule has 130 valence electrons. The van der Waals surface area contributed by atoms with Crippen molar-refractivity contribution in [2.45, 2.75) is 26.7 Å². The molecular weight excluding hydrogens is 322 g/mol. The zero-order valence-corrected chi connectivity index (χ0v) is 15.3. The molecule has 4 aromatic rings. The number of aromatic nitrogens is 3. The van der Waals surface area contributed by atoms with Crippen LogP contribution in [-0.4, -0.2) is 22.1 Å². The normalized spacial score (nSPS) is 11.2. The smallest absolute Gasteiger partial charge is 0.213 e. The zero-order valence-electron chi connectivity index (χ0n) is 15.3. The van der Waals surface area contributed by atoms with Crippen molar-refractivity contribution in [3.63, 3.8) is 0 Å². The summed E-state index contributed by atoms with van der Waals surface area (Å²) in [6, 6.07) is 10.6. The van der Waals surface area contributed by atoms with E-state index < -0.39 is 0 Å². The third-order valence-corrected chi connectivity index (χ3v) is 4.83. The Morgan fingerprint density at radius 1 is 0.808 bits per heavy atom. The van der Waals surface area contributed by atoms with Gasteiger partial charge in [-0.2, -0.15) is 0 Å². The Balaban J connectivity index is 1.65. The number of benzene rings is 1. The van der Waals surface area contributed by atoms with E-state index in [-0.39, 0.29) is 0 Å². The Hall–Kier alpha value is -3.01. The summed E-state index contributed by atoms with van der Waals surface area (Å²) in [6.07, 6.45) is 7.57. The second kappa shape index (κ2) is 6.71. The van der Waals surface area contributed by atoms with E-state index in [2.05, 4.69) is 53.1 Å². The maximum Gasteiger partial charge on any atom is 0.213 e. The van der Waals surface area contributed by atoms with Crippen LogP contribution in [0.4, 0.5) is 0 Å². The lowest BCUT2D eigenvalue weighted by molar-refractivity contribution is 0.397. The highest BCUT2D eigenvalue weighted by Crippen LogP contribution is 2.24. The van der Waals surface area contributed by atoms with E-state index in [1.807, 2.05) is 24.7 Å². The third kappa shape index (κ3) is 3.10. The molecule has 0 saturated heterocycles. The molecule has 0 radical (unpaired) electrons. The summed E-state index contributed by atoms with van der Waals surface area (Å²) < 4.78 is 5.18. The van der Waals surface area contributed by atoms with E-state index in [1.54, 1.807) is 7.11 Å². The van der Waals surface area contributed by atoms with Gasteiger partial charge in [0.15, 0.2) is 0 Å². The largest absolute Gasteiger partial charge is 0.481 e. The fraction of sp³-hybridized carbons (Fsp3) is 0.227. The summed E-state index contributed by atoms with van der Waals surface area (Å²) in [6.45, 7) is 4.19. The molecule has 0 bridgehead atoms. The third-order valence-electron chi connectivity index (χ3n) is 4.83. The minimum atomic E-state index is 0.660. The minimum Gasteiger partial charge on any atom is -0.481 e. The van der Waals surface area contributed by atoms with Crippen molar-refractivity contribution >= 4 is 21.8 Å². The highest BCUT2D eigenvalue weighted by molar-refractivity contribution is 6.04. The molecule has 0 spiro atoms. The fourth-order valence-electron chi connectivity index (χ4n) is 3.29. The predicted octanol–water partition coefficient (Wildman–Crippen LogP) is 4.59. The van der Waals surface area contributed by atoms with Gasteiger partial charge < -0.3 is 4.74 Å². The number of aryl methyl sites for hydroxylation is 4. The van der Waals surface area contributed by atoms with Crippen LogP contribution in [0.3, 0.4) is 0 Å². The summed E-state index contributed by atoms with van der Waals surface area (Å²) in [5.41, 5.74) is 6.84. The van der Waals surface area contributed by atoms with Crippen LogP contribution in [0.15, 0.2) is 48.9 Å². The first-order chi connectivity index (χ1) is 12.6. The minimum absolute atomic E-state index is 0.660. The molecule has 4 nitrogen and oxygen atoms in total. The van der Waals surface area contributed by atoms with Gasteiger partial charge in [0, 0.05) is 29.2 Å². The van der Waals surface area contributed by atoms with Crippen LogP contribution < -0.4 is 4.74 Å².